The zero-order chi connectivity index (χ0) is 13.0. The Morgan fingerprint density at radius 1 is 1.50 bits per heavy atom. The van der Waals surface area contributed by atoms with Crippen LogP contribution >= 0.6 is 0 Å². The molecule has 1 N–H and O–H groups in total. The number of ether oxygens (including phenoxy) is 2. The molecule has 0 bridgehead atoms. The lowest BCUT2D eigenvalue weighted by molar-refractivity contribution is -0.130. The van der Waals surface area contributed by atoms with Crippen molar-refractivity contribution < 1.29 is 14.3 Å². The van der Waals surface area contributed by atoms with E-state index in [2.05, 4.69) is 5.32 Å². The number of benzene rings is 1. The van der Waals surface area contributed by atoms with Gasteiger partial charge in [-0.3, -0.25) is 4.79 Å². The SMILES string of the molecule is COc1ccccc1C(C)NC(=O)C1CCCO1. The molecule has 1 saturated heterocycles. The number of carbonyl (C=O) groups is 1. The summed E-state index contributed by atoms with van der Waals surface area (Å²) >= 11 is 0. The van der Waals surface area contributed by atoms with Crippen LogP contribution in [0, 0.1) is 0 Å². The highest BCUT2D eigenvalue weighted by Gasteiger charge is 2.25. The van der Waals surface area contributed by atoms with E-state index in [1.165, 1.54) is 0 Å². The molecule has 4 heteroatoms. The summed E-state index contributed by atoms with van der Waals surface area (Å²) in [6.07, 6.45) is 1.48. The molecule has 0 saturated carbocycles. The van der Waals surface area contributed by atoms with Gasteiger partial charge in [0.1, 0.15) is 11.9 Å². The van der Waals surface area contributed by atoms with Gasteiger partial charge in [-0.1, -0.05) is 18.2 Å². The van der Waals surface area contributed by atoms with Crippen LogP contribution in [0.25, 0.3) is 0 Å². The van der Waals surface area contributed by atoms with Gasteiger partial charge in [0.25, 0.3) is 0 Å². The van der Waals surface area contributed by atoms with Crippen LogP contribution in [0.2, 0.25) is 0 Å². The Balaban J connectivity index is 2.02. The van der Waals surface area contributed by atoms with E-state index in [0.717, 1.165) is 24.2 Å². The van der Waals surface area contributed by atoms with Crippen molar-refractivity contribution in [3.05, 3.63) is 29.8 Å². The van der Waals surface area contributed by atoms with Gasteiger partial charge < -0.3 is 14.8 Å². The molecule has 1 aromatic rings. The number of rotatable bonds is 4. The highest BCUT2D eigenvalue weighted by atomic mass is 16.5. The van der Waals surface area contributed by atoms with Gasteiger partial charge in [0.05, 0.1) is 13.2 Å². The van der Waals surface area contributed by atoms with Gasteiger partial charge in [-0.15, -0.1) is 0 Å². The van der Waals surface area contributed by atoms with E-state index in [0.29, 0.717) is 6.61 Å². The first-order valence-electron chi connectivity index (χ1n) is 6.27. The summed E-state index contributed by atoms with van der Waals surface area (Å²) in [7, 11) is 1.63. The molecule has 0 aromatic heterocycles. The molecule has 0 spiro atoms. The zero-order valence-corrected chi connectivity index (χ0v) is 10.8. The minimum absolute atomic E-state index is 0.0362. The number of para-hydroxylation sites is 1. The molecule has 1 heterocycles. The first-order valence-corrected chi connectivity index (χ1v) is 6.27. The Morgan fingerprint density at radius 2 is 2.28 bits per heavy atom. The lowest BCUT2D eigenvalue weighted by Gasteiger charge is -2.19. The molecule has 1 fully saturated rings. The average molecular weight is 249 g/mol. The Morgan fingerprint density at radius 3 is 2.94 bits per heavy atom. The third-order valence-corrected chi connectivity index (χ3v) is 3.19. The normalized spacial score (nSPS) is 20.4. The lowest BCUT2D eigenvalue weighted by Crippen LogP contribution is -2.35. The first-order chi connectivity index (χ1) is 8.72. The van der Waals surface area contributed by atoms with Gasteiger partial charge in [-0.25, -0.2) is 0 Å². The van der Waals surface area contributed by atoms with E-state index in [4.69, 9.17) is 9.47 Å². The van der Waals surface area contributed by atoms with Crippen molar-refractivity contribution in [2.45, 2.75) is 31.9 Å². The van der Waals surface area contributed by atoms with Crippen LogP contribution in [-0.4, -0.2) is 25.7 Å². The Labute approximate surface area is 107 Å². The minimum atomic E-state index is -0.290. The van der Waals surface area contributed by atoms with Crippen LogP contribution in [0.5, 0.6) is 5.75 Å². The summed E-state index contributed by atoms with van der Waals surface area (Å²) in [6, 6.07) is 7.62. The topological polar surface area (TPSA) is 47.6 Å². The first kappa shape index (κ1) is 12.9. The van der Waals surface area contributed by atoms with Crippen LogP contribution in [-0.2, 0) is 9.53 Å². The molecule has 98 valence electrons. The predicted molar refractivity (Wildman–Crippen MR) is 68.5 cm³/mol. The quantitative estimate of drug-likeness (QED) is 0.888. The van der Waals surface area contributed by atoms with E-state index in [9.17, 15) is 4.79 Å². The van der Waals surface area contributed by atoms with Gasteiger partial charge in [-0.2, -0.15) is 0 Å². The van der Waals surface area contributed by atoms with Gasteiger partial charge in [-0.05, 0) is 25.8 Å². The molecule has 0 aliphatic carbocycles. The molecular formula is C14H19NO3. The highest BCUT2D eigenvalue weighted by molar-refractivity contribution is 5.81. The van der Waals surface area contributed by atoms with Gasteiger partial charge in [0.15, 0.2) is 0 Å². The third-order valence-electron chi connectivity index (χ3n) is 3.19. The second-order valence-corrected chi connectivity index (χ2v) is 4.47. The fourth-order valence-corrected chi connectivity index (χ4v) is 2.19. The maximum Gasteiger partial charge on any atom is 0.249 e. The fourth-order valence-electron chi connectivity index (χ4n) is 2.19. The van der Waals surface area contributed by atoms with Gasteiger partial charge in [0, 0.05) is 12.2 Å². The van der Waals surface area contributed by atoms with E-state index < -0.39 is 0 Å². The molecule has 2 unspecified atom stereocenters. The number of carbonyl (C=O) groups excluding carboxylic acids is 1. The van der Waals surface area contributed by atoms with E-state index in [1.54, 1.807) is 7.11 Å². The van der Waals surface area contributed by atoms with Crippen LogP contribution in [0.1, 0.15) is 31.4 Å². The van der Waals surface area contributed by atoms with E-state index in [1.807, 2.05) is 31.2 Å². The monoisotopic (exact) mass is 249 g/mol. The highest BCUT2D eigenvalue weighted by Crippen LogP contribution is 2.24. The molecule has 0 radical (unpaired) electrons. The molecule has 4 nitrogen and oxygen atoms in total. The third kappa shape index (κ3) is 2.82. The second kappa shape index (κ2) is 5.87. The number of hydrogen-bond acceptors (Lipinski definition) is 3. The maximum absolute atomic E-state index is 12.0. The summed E-state index contributed by atoms with van der Waals surface area (Å²) in [5, 5.41) is 2.97. The largest absolute Gasteiger partial charge is 0.496 e. The molecule has 1 amide bonds. The van der Waals surface area contributed by atoms with Crippen molar-refractivity contribution in [3.8, 4) is 5.75 Å². The standard InChI is InChI=1S/C14H19NO3/c1-10(11-6-3-4-7-12(11)17-2)15-14(16)13-8-5-9-18-13/h3-4,6-7,10,13H,5,8-9H2,1-2H3,(H,15,16). The summed E-state index contributed by atoms with van der Waals surface area (Å²) in [6.45, 7) is 2.63. The summed E-state index contributed by atoms with van der Waals surface area (Å²) in [5.74, 6) is 0.753. The molecule has 18 heavy (non-hydrogen) atoms. The molecular weight excluding hydrogens is 230 g/mol. The number of hydrogen-bond donors (Lipinski definition) is 1. The molecule has 1 aliphatic rings. The van der Waals surface area contributed by atoms with Crippen LogP contribution in [0.15, 0.2) is 24.3 Å². The van der Waals surface area contributed by atoms with Crippen molar-refractivity contribution in [2.75, 3.05) is 13.7 Å². The van der Waals surface area contributed by atoms with Crippen molar-refractivity contribution in [1.29, 1.82) is 0 Å². The van der Waals surface area contributed by atoms with Crippen molar-refractivity contribution >= 4 is 5.91 Å². The van der Waals surface area contributed by atoms with Gasteiger partial charge >= 0.3 is 0 Å². The van der Waals surface area contributed by atoms with Crippen LogP contribution in [0.3, 0.4) is 0 Å². The fraction of sp³-hybridized carbons (Fsp3) is 0.500. The molecule has 1 aromatic carbocycles. The zero-order valence-electron chi connectivity index (χ0n) is 10.8. The van der Waals surface area contributed by atoms with Crippen molar-refractivity contribution in [2.24, 2.45) is 0 Å². The Bertz CT molecular complexity index is 413. The average Bonchev–Trinajstić information content (AvgIpc) is 2.92. The van der Waals surface area contributed by atoms with Crippen molar-refractivity contribution in [1.82, 2.24) is 5.32 Å². The summed E-state index contributed by atoms with van der Waals surface area (Å²) in [5.41, 5.74) is 0.978. The van der Waals surface area contributed by atoms with Crippen LogP contribution in [0.4, 0.5) is 0 Å². The van der Waals surface area contributed by atoms with E-state index in [-0.39, 0.29) is 18.1 Å². The second-order valence-electron chi connectivity index (χ2n) is 4.47. The predicted octanol–water partition coefficient (Wildman–Crippen LogP) is 2.05. The maximum atomic E-state index is 12.0. The van der Waals surface area contributed by atoms with Crippen LogP contribution < -0.4 is 10.1 Å². The smallest absolute Gasteiger partial charge is 0.249 e. The van der Waals surface area contributed by atoms with E-state index >= 15 is 0 Å². The Kier molecular flexibility index (Phi) is 4.20. The van der Waals surface area contributed by atoms with Gasteiger partial charge in [0.2, 0.25) is 5.91 Å². The molecule has 2 atom stereocenters. The molecule has 2 rings (SSSR count). The number of amides is 1. The summed E-state index contributed by atoms with van der Waals surface area (Å²) in [4.78, 5) is 12.0. The minimum Gasteiger partial charge on any atom is -0.496 e. The molecule has 1 aliphatic heterocycles. The summed E-state index contributed by atoms with van der Waals surface area (Å²) < 4.78 is 10.7. The number of nitrogens with one attached hydrogen (secondary N) is 1. The number of methoxy groups -OCH3 is 1. The Hall–Kier alpha value is -1.55. The lowest BCUT2D eigenvalue weighted by atomic mass is 10.1. The van der Waals surface area contributed by atoms with Crippen molar-refractivity contribution in [3.63, 3.8) is 0 Å².